The molecule has 0 saturated heterocycles. The summed E-state index contributed by atoms with van der Waals surface area (Å²) in [6.45, 7) is 0.892. The lowest BCUT2D eigenvalue weighted by molar-refractivity contribution is 0.0953. The van der Waals surface area contributed by atoms with E-state index in [-0.39, 0.29) is 11.5 Å². The van der Waals surface area contributed by atoms with E-state index in [2.05, 4.69) is 22.5 Å². The smallest absolute Gasteiger partial charge is 0.271 e. The summed E-state index contributed by atoms with van der Waals surface area (Å²) in [5.74, 6) is 0.937. The second kappa shape index (κ2) is 11.7. The van der Waals surface area contributed by atoms with Crippen molar-refractivity contribution in [3.05, 3.63) is 118 Å². The van der Waals surface area contributed by atoms with Gasteiger partial charge in [0.1, 0.15) is 12.4 Å². The number of nitrogens with one attached hydrogen (secondary N) is 1. The number of carbonyl (C=O) groups is 1. The summed E-state index contributed by atoms with van der Waals surface area (Å²) >= 11 is 0. The summed E-state index contributed by atoms with van der Waals surface area (Å²) < 4.78 is 12.2. The third-order valence-corrected chi connectivity index (χ3v) is 5.47. The Morgan fingerprint density at radius 1 is 0.886 bits per heavy atom. The fourth-order valence-electron chi connectivity index (χ4n) is 3.53. The highest BCUT2D eigenvalue weighted by Gasteiger charge is 2.08. The van der Waals surface area contributed by atoms with Gasteiger partial charge < -0.3 is 14.8 Å². The highest BCUT2D eigenvalue weighted by Crippen LogP contribution is 2.14. The van der Waals surface area contributed by atoms with Crippen LogP contribution in [0, 0.1) is 0 Å². The van der Waals surface area contributed by atoms with Crippen LogP contribution in [0.1, 0.15) is 27.9 Å². The molecule has 0 radical (unpaired) electrons. The van der Waals surface area contributed by atoms with E-state index in [9.17, 15) is 9.59 Å². The van der Waals surface area contributed by atoms with Gasteiger partial charge in [0.15, 0.2) is 0 Å². The van der Waals surface area contributed by atoms with Crippen LogP contribution in [0.25, 0.3) is 5.69 Å². The van der Waals surface area contributed by atoms with Crippen molar-refractivity contribution in [1.82, 2.24) is 15.1 Å². The molecule has 1 aromatic heterocycles. The lowest BCUT2D eigenvalue weighted by Crippen LogP contribution is -2.25. The molecule has 7 heteroatoms. The Labute approximate surface area is 204 Å². The van der Waals surface area contributed by atoms with Gasteiger partial charge in [-0.05, 0) is 60.4 Å². The maximum Gasteiger partial charge on any atom is 0.271 e. The molecule has 0 unspecified atom stereocenters. The Hall–Kier alpha value is -4.39. The molecule has 35 heavy (non-hydrogen) atoms. The van der Waals surface area contributed by atoms with Gasteiger partial charge in [0, 0.05) is 24.2 Å². The first-order valence-electron chi connectivity index (χ1n) is 11.4. The minimum atomic E-state index is -0.292. The predicted octanol–water partition coefficient (Wildman–Crippen LogP) is 4.18. The Bertz CT molecular complexity index is 1300. The molecular formula is C28H27N3O4. The van der Waals surface area contributed by atoms with E-state index < -0.39 is 0 Å². The fourth-order valence-corrected chi connectivity index (χ4v) is 3.53. The van der Waals surface area contributed by atoms with Gasteiger partial charge in [0.25, 0.3) is 11.5 Å². The summed E-state index contributed by atoms with van der Waals surface area (Å²) in [5.41, 5.74) is 2.97. The Morgan fingerprint density at radius 3 is 2.34 bits per heavy atom. The van der Waals surface area contributed by atoms with Crippen molar-refractivity contribution in [3.63, 3.8) is 0 Å². The standard InChI is InChI=1S/C28H27N3O4/c1-34-25-15-9-22(10-16-25)20-35-26-17-18-27(32)31(30-26)24-13-11-23(12-14-24)28(33)29-19-5-8-21-6-3-2-4-7-21/h2-4,6-7,9-18H,5,8,19-20H2,1H3,(H,29,33). The molecule has 178 valence electrons. The summed E-state index contributed by atoms with van der Waals surface area (Å²) in [7, 11) is 1.62. The zero-order chi connectivity index (χ0) is 24.5. The number of hydrogen-bond donors (Lipinski definition) is 1. The lowest BCUT2D eigenvalue weighted by atomic mass is 10.1. The fraction of sp³-hybridized carbons (Fsp3) is 0.179. The third-order valence-electron chi connectivity index (χ3n) is 5.47. The van der Waals surface area contributed by atoms with Crippen LogP contribution in [-0.2, 0) is 13.0 Å². The van der Waals surface area contributed by atoms with Crippen LogP contribution in [0.4, 0.5) is 0 Å². The highest BCUT2D eigenvalue weighted by atomic mass is 16.5. The van der Waals surface area contributed by atoms with E-state index in [4.69, 9.17) is 9.47 Å². The maximum atomic E-state index is 12.5. The zero-order valence-corrected chi connectivity index (χ0v) is 19.5. The van der Waals surface area contributed by atoms with Crippen molar-refractivity contribution >= 4 is 5.91 Å². The monoisotopic (exact) mass is 469 g/mol. The molecule has 0 aliphatic carbocycles. The second-order valence-electron chi connectivity index (χ2n) is 7.95. The molecule has 0 fully saturated rings. The van der Waals surface area contributed by atoms with E-state index >= 15 is 0 Å². The molecule has 0 saturated carbocycles. The van der Waals surface area contributed by atoms with Crippen molar-refractivity contribution in [3.8, 4) is 17.3 Å². The van der Waals surface area contributed by atoms with Crippen LogP contribution < -0.4 is 20.3 Å². The van der Waals surface area contributed by atoms with Gasteiger partial charge in [-0.3, -0.25) is 9.59 Å². The Morgan fingerprint density at radius 2 is 1.63 bits per heavy atom. The molecule has 4 aromatic rings. The molecule has 3 aromatic carbocycles. The normalized spacial score (nSPS) is 10.5. The molecule has 0 bridgehead atoms. The first kappa shape index (κ1) is 23.8. The van der Waals surface area contributed by atoms with Crippen molar-refractivity contribution in [2.75, 3.05) is 13.7 Å². The number of nitrogens with zero attached hydrogens (tertiary/aromatic N) is 2. The van der Waals surface area contributed by atoms with E-state index in [1.54, 1.807) is 37.4 Å². The molecule has 0 atom stereocenters. The molecule has 0 aliphatic heterocycles. The summed E-state index contributed by atoms with van der Waals surface area (Å²) in [6.07, 6.45) is 1.77. The first-order valence-corrected chi connectivity index (χ1v) is 11.4. The topological polar surface area (TPSA) is 82.5 Å². The summed E-state index contributed by atoms with van der Waals surface area (Å²) in [4.78, 5) is 24.8. The zero-order valence-electron chi connectivity index (χ0n) is 19.5. The SMILES string of the molecule is COc1ccc(COc2ccc(=O)n(-c3ccc(C(=O)NCCCc4ccccc4)cc3)n2)cc1. The maximum absolute atomic E-state index is 12.5. The minimum absolute atomic E-state index is 0.151. The average Bonchev–Trinajstić information content (AvgIpc) is 2.91. The number of methoxy groups -OCH3 is 1. The highest BCUT2D eigenvalue weighted by molar-refractivity contribution is 5.94. The van der Waals surface area contributed by atoms with Crippen LogP contribution in [-0.4, -0.2) is 29.3 Å². The van der Waals surface area contributed by atoms with Crippen molar-refractivity contribution in [2.24, 2.45) is 0 Å². The summed E-state index contributed by atoms with van der Waals surface area (Å²) in [5, 5.41) is 7.25. The molecule has 0 spiro atoms. The van der Waals surface area contributed by atoms with E-state index in [0.29, 0.717) is 30.3 Å². The van der Waals surface area contributed by atoms with Crippen molar-refractivity contribution < 1.29 is 14.3 Å². The van der Waals surface area contributed by atoms with E-state index in [1.807, 2.05) is 42.5 Å². The number of aryl methyl sites for hydroxylation is 1. The molecule has 1 N–H and O–H groups in total. The minimum Gasteiger partial charge on any atom is -0.497 e. The average molecular weight is 470 g/mol. The lowest BCUT2D eigenvalue weighted by Gasteiger charge is -2.10. The number of aromatic nitrogens is 2. The third kappa shape index (κ3) is 6.57. The van der Waals surface area contributed by atoms with Gasteiger partial charge in [-0.15, -0.1) is 5.10 Å². The number of hydrogen-bond acceptors (Lipinski definition) is 5. The van der Waals surface area contributed by atoms with Gasteiger partial charge in [-0.25, -0.2) is 0 Å². The number of amides is 1. The Balaban J connectivity index is 1.34. The van der Waals surface area contributed by atoms with Gasteiger partial charge in [0.05, 0.1) is 12.8 Å². The van der Waals surface area contributed by atoms with E-state index in [0.717, 1.165) is 24.2 Å². The number of carbonyl (C=O) groups excluding carboxylic acids is 1. The van der Waals surface area contributed by atoms with E-state index in [1.165, 1.54) is 16.3 Å². The predicted molar refractivity (Wildman–Crippen MR) is 134 cm³/mol. The van der Waals surface area contributed by atoms with Gasteiger partial charge in [-0.1, -0.05) is 42.5 Å². The van der Waals surface area contributed by atoms with Crippen LogP contribution in [0.2, 0.25) is 0 Å². The molecule has 0 aliphatic rings. The number of ether oxygens (including phenoxy) is 2. The van der Waals surface area contributed by atoms with Gasteiger partial charge in [0.2, 0.25) is 5.88 Å². The molecule has 4 rings (SSSR count). The van der Waals surface area contributed by atoms with Crippen molar-refractivity contribution in [2.45, 2.75) is 19.4 Å². The molecule has 1 heterocycles. The van der Waals surface area contributed by atoms with Crippen LogP contribution in [0.5, 0.6) is 11.6 Å². The van der Waals surface area contributed by atoms with Gasteiger partial charge >= 0.3 is 0 Å². The number of rotatable bonds is 10. The van der Waals surface area contributed by atoms with Gasteiger partial charge in [-0.2, -0.15) is 4.68 Å². The quantitative estimate of drug-likeness (QED) is 0.352. The second-order valence-corrected chi connectivity index (χ2v) is 7.95. The van der Waals surface area contributed by atoms with Crippen LogP contribution in [0.3, 0.4) is 0 Å². The first-order chi connectivity index (χ1) is 17.1. The van der Waals surface area contributed by atoms with Crippen molar-refractivity contribution in [1.29, 1.82) is 0 Å². The number of benzene rings is 3. The van der Waals surface area contributed by atoms with Crippen LogP contribution in [0.15, 0.2) is 95.8 Å². The summed E-state index contributed by atoms with van der Waals surface area (Å²) in [6, 6.07) is 27.4. The molecular weight excluding hydrogens is 442 g/mol. The Kier molecular flexibility index (Phi) is 7.91. The molecule has 7 nitrogen and oxygen atoms in total. The molecule has 1 amide bonds. The van der Waals surface area contributed by atoms with Crippen LogP contribution >= 0.6 is 0 Å². The largest absolute Gasteiger partial charge is 0.497 e.